The van der Waals surface area contributed by atoms with Crippen molar-refractivity contribution >= 4 is 33.4 Å². The SMILES string of the molecule is C1=CC2=CC=C3C=CC(C(CCc4ccccc4)c4ccccc4)=C(c4cccc5cccc(N(c6ccccc6)c6ccccc6)c45)C3C2C=C1. The number of nitrogens with zero attached hydrogens (tertiary/aromatic N) is 1. The second-order valence-corrected chi connectivity index (χ2v) is 14.0. The molecule has 0 amide bonds. The molecule has 0 aliphatic heterocycles. The summed E-state index contributed by atoms with van der Waals surface area (Å²) in [5.74, 6) is 0.658. The summed E-state index contributed by atoms with van der Waals surface area (Å²) in [7, 11) is 0. The Balaban J connectivity index is 1.32. The van der Waals surface area contributed by atoms with Crippen LogP contribution in [0.4, 0.5) is 17.1 Å². The number of aryl methyl sites for hydroxylation is 1. The van der Waals surface area contributed by atoms with Crippen LogP contribution >= 0.6 is 0 Å². The number of hydrogen-bond acceptors (Lipinski definition) is 1. The van der Waals surface area contributed by atoms with Crippen LogP contribution in [0.5, 0.6) is 0 Å². The van der Waals surface area contributed by atoms with Crippen LogP contribution in [0.15, 0.2) is 223 Å². The Hall–Kier alpha value is -6.18. The van der Waals surface area contributed by atoms with Crippen LogP contribution in [0.25, 0.3) is 16.3 Å². The van der Waals surface area contributed by atoms with Crippen LogP contribution in [0, 0.1) is 11.8 Å². The summed E-state index contributed by atoms with van der Waals surface area (Å²) >= 11 is 0. The molecule has 9 rings (SSSR count). The van der Waals surface area contributed by atoms with E-state index in [9.17, 15) is 0 Å². The predicted octanol–water partition coefficient (Wildman–Crippen LogP) is 13.3. The second kappa shape index (κ2) is 14.2. The molecule has 6 aromatic carbocycles. The quantitative estimate of drug-likeness (QED) is 0.148. The number of rotatable bonds is 9. The molecule has 6 aromatic rings. The van der Waals surface area contributed by atoms with Crippen molar-refractivity contribution in [2.75, 3.05) is 4.90 Å². The fourth-order valence-electron chi connectivity index (χ4n) is 8.59. The summed E-state index contributed by atoms with van der Waals surface area (Å²) in [6, 6.07) is 57.5. The van der Waals surface area contributed by atoms with Gasteiger partial charge in [-0.25, -0.2) is 0 Å². The molecule has 0 heterocycles. The number of fused-ring (bicyclic) bond motifs is 4. The van der Waals surface area contributed by atoms with Crippen molar-refractivity contribution in [2.24, 2.45) is 11.8 Å². The molecule has 0 aromatic heterocycles. The van der Waals surface area contributed by atoms with E-state index in [1.54, 1.807) is 0 Å². The van der Waals surface area contributed by atoms with E-state index < -0.39 is 0 Å². The number of para-hydroxylation sites is 2. The van der Waals surface area contributed by atoms with Crippen LogP contribution in [0.2, 0.25) is 0 Å². The molecular formula is C51H41N. The van der Waals surface area contributed by atoms with Gasteiger partial charge in [0.25, 0.3) is 0 Å². The van der Waals surface area contributed by atoms with Gasteiger partial charge in [-0.15, -0.1) is 0 Å². The lowest BCUT2D eigenvalue weighted by atomic mass is 9.65. The van der Waals surface area contributed by atoms with Gasteiger partial charge in [0, 0.05) is 34.5 Å². The highest BCUT2D eigenvalue weighted by atomic mass is 15.1. The number of benzene rings is 6. The third-order valence-corrected chi connectivity index (χ3v) is 11.0. The summed E-state index contributed by atoms with van der Waals surface area (Å²) in [4.78, 5) is 2.43. The van der Waals surface area contributed by atoms with E-state index in [1.165, 1.54) is 55.4 Å². The lowest BCUT2D eigenvalue weighted by molar-refractivity contribution is 0.617. The summed E-state index contributed by atoms with van der Waals surface area (Å²) in [6.45, 7) is 0. The highest BCUT2D eigenvalue weighted by molar-refractivity contribution is 6.07. The molecule has 3 aliphatic carbocycles. The maximum absolute atomic E-state index is 2.45. The minimum Gasteiger partial charge on any atom is -0.310 e. The lowest BCUT2D eigenvalue weighted by Gasteiger charge is -2.39. The number of anilines is 3. The standard InChI is InChI=1S/C51H41N/c1-5-17-37(18-6-1)31-35-44(38-19-7-2-8-20-38)46-36-34-41-33-32-39-21-13-14-28-45(39)50(41)51(46)47-29-15-22-40-23-16-30-48(49(40)47)52(42-24-9-3-10-25-42)43-26-11-4-12-27-43/h1-30,32-34,36,44-45,50H,31,35H2. The van der Waals surface area contributed by atoms with E-state index in [4.69, 9.17) is 0 Å². The molecule has 0 bridgehead atoms. The first-order valence-electron chi connectivity index (χ1n) is 18.5. The molecule has 3 atom stereocenters. The maximum Gasteiger partial charge on any atom is 0.0546 e. The second-order valence-electron chi connectivity index (χ2n) is 14.0. The van der Waals surface area contributed by atoms with Crippen LogP contribution in [0.3, 0.4) is 0 Å². The molecule has 1 heteroatoms. The monoisotopic (exact) mass is 667 g/mol. The van der Waals surface area contributed by atoms with E-state index in [-0.39, 0.29) is 17.8 Å². The van der Waals surface area contributed by atoms with Crippen LogP contribution in [-0.2, 0) is 6.42 Å². The smallest absolute Gasteiger partial charge is 0.0546 e. The Morgan fingerprint density at radius 3 is 1.88 bits per heavy atom. The minimum absolute atomic E-state index is 0.185. The summed E-state index contributed by atoms with van der Waals surface area (Å²) in [5, 5.41) is 2.52. The molecule has 0 saturated carbocycles. The first-order valence-corrected chi connectivity index (χ1v) is 18.5. The highest BCUT2D eigenvalue weighted by Crippen LogP contribution is 2.53. The van der Waals surface area contributed by atoms with Crippen LogP contribution < -0.4 is 4.90 Å². The Morgan fingerprint density at radius 2 is 1.17 bits per heavy atom. The van der Waals surface area contributed by atoms with E-state index in [2.05, 4.69) is 211 Å². The van der Waals surface area contributed by atoms with Gasteiger partial charge in [-0.3, -0.25) is 0 Å². The normalized spacial score (nSPS) is 18.0. The molecule has 0 saturated heterocycles. The van der Waals surface area contributed by atoms with Crippen molar-refractivity contribution < 1.29 is 0 Å². The lowest BCUT2D eigenvalue weighted by Crippen LogP contribution is -2.26. The molecule has 250 valence electrons. The van der Waals surface area contributed by atoms with Gasteiger partial charge in [0.05, 0.1) is 5.69 Å². The van der Waals surface area contributed by atoms with Gasteiger partial charge in [-0.1, -0.05) is 176 Å². The maximum atomic E-state index is 2.45. The first kappa shape index (κ1) is 31.8. The third kappa shape index (κ3) is 5.99. The van der Waals surface area contributed by atoms with Crippen molar-refractivity contribution in [3.63, 3.8) is 0 Å². The van der Waals surface area contributed by atoms with Crippen molar-refractivity contribution in [3.8, 4) is 0 Å². The van der Waals surface area contributed by atoms with E-state index in [0.29, 0.717) is 0 Å². The molecule has 3 aliphatic rings. The Bertz CT molecular complexity index is 2350. The Kier molecular flexibility index (Phi) is 8.68. The van der Waals surface area contributed by atoms with Gasteiger partial charge >= 0.3 is 0 Å². The first-order chi connectivity index (χ1) is 25.8. The molecule has 0 fully saturated rings. The van der Waals surface area contributed by atoms with E-state index in [0.717, 1.165) is 24.2 Å². The molecule has 1 nitrogen and oxygen atoms in total. The largest absolute Gasteiger partial charge is 0.310 e. The molecule has 0 N–H and O–H groups in total. The van der Waals surface area contributed by atoms with Crippen molar-refractivity contribution in [3.05, 3.63) is 240 Å². The third-order valence-electron chi connectivity index (χ3n) is 11.0. The average Bonchev–Trinajstić information content (AvgIpc) is 3.22. The Labute approximate surface area is 307 Å². The van der Waals surface area contributed by atoms with Crippen LogP contribution in [0.1, 0.15) is 29.0 Å². The van der Waals surface area contributed by atoms with Gasteiger partial charge in [-0.05, 0) is 87.5 Å². The predicted molar refractivity (Wildman–Crippen MR) is 220 cm³/mol. The van der Waals surface area contributed by atoms with Crippen molar-refractivity contribution in [2.45, 2.75) is 18.8 Å². The van der Waals surface area contributed by atoms with Gasteiger partial charge in [-0.2, -0.15) is 0 Å². The molecule has 0 spiro atoms. The zero-order valence-corrected chi connectivity index (χ0v) is 29.2. The average molecular weight is 668 g/mol. The fraction of sp³-hybridized carbons (Fsp3) is 0.0980. The fourth-order valence-corrected chi connectivity index (χ4v) is 8.59. The summed E-state index contributed by atoms with van der Waals surface area (Å²) in [6.07, 6.45) is 20.7. The molecule has 0 radical (unpaired) electrons. The summed E-state index contributed by atoms with van der Waals surface area (Å²) in [5.41, 5.74) is 13.1. The number of hydrogen-bond donors (Lipinski definition) is 0. The number of allylic oxidation sites excluding steroid dienone is 12. The molecule has 3 unspecified atom stereocenters. The minimum atomic E-state index is 0.185. The van der Waals surface area contributed by atoms with Gasteiger partial charge < -0.3 is 4.90 Å². The zero-order chi connectivity index (χ0) is 34.7. The van der Waals surface area contributed by atoms with Gasteiger partial charge in [0.1, 0.15) is 0 Å². The highest BCUT2D eigenvalue weighted by Gasteiger charge is 2.37. The van der Waals surface area contributed by atoms with E-state index in [1.807, 2.05) is 0 Å². The van der Waals surface area contributed by atoms with Gasteiger partial charge in [0.2, 0.25) is 0 Å². The van der Waals surface area contributed by atoms with Crippen molar-refractivity contribution in [1.29, 1.82) is 0 Å². The van der Waals surface area contributed by atoms with E-state index >= 15 is 0 Å². The Morgan fingerprint density at radius 1 is 0.538 bits per heavy atom. The van der Waals surface area contributed by atoms with Gasteiger partial charge in [0.15, 0.2) is 0 Å². The molecule has 52 heavy (non-hydrogen) atoms. The van der Waals surface area contributed by atoms with Crippen LogP contribution in [-0.4, -0.2) is 0 Å². The zero-order valence-electron chi connectivity index (χ0n) is 29.2. The topological polar surface area (TPSA) is 3.24 Å². The van der Waals surface area contributed by atoms with Crippen molar-refractivity contribution in [1.82, 2.24) is 0 Å². The summed E-state index contributed by atoms with van der Waals surface area (Å²) < 4.78 is 0. The molecular weight excluding hydrogens is 627 g/mol.